The van der Waals surface area contributed by atoms with E-state index >= 15 is 0 Å². The fourth-order valence-electron chi connectivity index (χ4n) is 2.39. The fraction of sp³-hybridized carbons (Fsp3) is 0.529. The predicted molar refractivity (Wildman–Crippen MR) is 91.5 cm³/mol. The second-order valence-corrected chi connectivity index (χ2v) is 10.9. The summed E-state index contributed by atoms with van der Waals surface area (Å²) in [7, 11) is -1.63. The lowest BCUT2D eigenvalue weighted by Crippen LogP contribution is -2.26. The van der Waals surface area contributed by atoms with E-state index < -0.39 is 8.32 Å². The van der Waals surface area contributed by atoms with Crippen molar-refractivity contribution in [2.45, 2.75) is 58.4 Å². The van der Waals surface area contributed by atoms with Gasteiger partial charge in [0.15, 0.2) is 0 Å². The SMILES string of the molecule is C[Si](C)(C)OC(OCc1ccccc1)=C1CCCCC1.[B]. The predicted octanol–water partition coefficient (Wildman–Crippen LogP) is 4.85. The molecule has 0 aliphatic heterocycles. The highest BCUT2D eigenvalue weighted by Gasteiger charge is 2.22. The molecule has 0 amide bonds. The van der Waals surface area contributed by atoms with E-state index in [0.717, 1.165) is 18.8 Å². The van der Waals surface area contributed by atoms with Gasteiger partial charge in [-0.25, -0.2) is 0 Å². The Hall–Kier alpha value is -1.16. The van der Waals surface area contributed by atoms with Crippen LogP contribution in [0.15, 0.2) is 41.9 Å². The van der Waals surface area contributed by atoms with Gasteiger partial charge in [-0.2, -0.15) is 0 Å². The Balaban J connectivity index is 0.00000220. The minimum atomic E-state index is -1.63. The van der Waals surface area contributed by atoms with Crippen LogP contribution in [0.5, 0.6) is 0 Å². The van der Waals surface area contributed by atoms with Crippen molar-refractivity contribution < 1.29 is 9.16 Å². The van der Waals surface area contributed by atoms with E-state index in [4.69, 9.17) is 9.16 Å². The summed E-state index contributed by atoms with van der Waals surface area (Å²) in [6.07, 6.45) is 6.14. The normalized spacial score (nSPS) is 15.1. The molecule has 2 rings (SSSR count). The second-order valence-electron chi connectivity index (χ2n) is 6.44. The Morgan fingerprint density at radius 2 is 1.62 bits per heavy atom. The molecular weight excluding hydrogens is 275 g/mol. The Kier molecular flexibility index (Phi) is 7.09. The second kappa shape index (κ2) is 8.32. The number of benzene rings is 1. The average Bonchev–Trinajstić information content (AvgIpc) is 2.44. The van der Waals surface area contributed by atoms with Crippen LogP contribution in [0.2, 0.25) is 19.6 Å². The smallest absolute Gasteiger partial charge is 0.264 e. The van der Waals surface area contributed by atoms with Crippen molar-refractivity contribution in [1.82, 2.24) is 0 Å². The lowest BCUT2D eigenvalue weighted by Gasteiger charge is -2.26. The van der Waals surface area contributed by atoms with E-state index in [0.29, 0.717) is 6.61 Å². The molecule has 0 heterocycles. The van der Waals surface area contributed by atoms with Crippen molar-refractivity contribution in [1.29, 1.82) is 0 Å². The largest absolute Gasteiger partial charge is 0.520 e. The Morgan fingerprint density at radius 1 is 1.00 bits per heavy atom. The molecule has 1 saturated carbocycles. The maximum atomic E-state index is 6.20. The molecule has 0 unspecified atom stereocenters. The number of allylic oxidation sites excluding steroid dienone is 1. The van der Waals surface area contributed by atoms with Crippen molar-refractivity contribution in [3.63, 3.8) is 0 Å². The molecule has 0 spiro atoms. The summed E-state index contributed by atoms with van der Waals surface area (Å²) in [4.78, 5) is 0. The van der Waals surface area contributed by atoms with Gasteiger partial charge in [0.05, 0.1) is 0 Å². The molecule has 0 aromatic heterocycles. The van der Waals surface area contributed by atoms with Gasteiger partial charge in [-0.05, 0) is 50.9 Å². The molecule has 1 aromatic rings. The highest BCUT2D eigenvalue weighted by molar-refractivity contribution is 6.70. The van der Waals surface area contributed by atoms with Gasteiger partial charge >= 0.3 is 0 Å². The monoisotopic (exact) mass is 301 g/mol. The summed E-state index contributed by atoms with van der Waals surface area (Å²) in [6, 6.07) is 10.3. The van der Waals surface area contributed by atoms with Crippen LogP contribution < -0.4 is 0 Å². The third-order valence-corrected chi connectivity index (χ3v) is 4.16. The minimum absolute atomic E-state index is 0. The Bertz CT molecular complexity index is 444. The lowest BCUT2D eigenvalue weighted by atomic mass is 9.96. The molecule has 1 aliphatic carbocycles. The first kappa shape index (κ1) is 17.9. The van der Waals surface area contributed by atoms with Gasteiger partial charge in [-0.3, -0.25) is 0 Å². The van der Waals surface area contributed by atoms with E-state index in [1.807, 2.05) is 18.2 Å². The first-order valence-corrected chi connectivity index (χ1v) is 11.0. The first-order chi connectivity index (χ1) is 9.54. The van der Waals surface area contributed by atoms with Crippen molar-refractivity contribution in [3.8, 4) is 0 Å². The van der Waals surface area contributed by atoms with Crippen LogP contribution in [0.1, 0.15) is 37.7 Å². The molecule has 0 bridgehead atoms. The van der Waals surface area contributed by atoms with Crippen molar-refractivity contribution >= 4 is 16.7 Å². The maximum Gasteiger partial charge on any atom is 0.264 e. The number of hydrogen-bond acceptors (Lipinski definition) is 2. The number of rotatable bonds is 5. The third-order valence-electron chi connectivity index (χ3n) is 3.36. The van der Waals surface area contributed by atoms with E-state index in [1.165, 1.54) is 30.4 Å². The molecule has 1 aromatic carbocycles. The fourth-order valence-corrected chi connectivity index (χ4v) is 3.15. The van der Waals surface area contributed by atoms with Crippen LogP contribution in [0.25, 0.3) is 0 Å². The Morgan fingerprint density at radius 3 is 2.19 bits per heavy atom. The molecule has 0 atom stereocenters. The van der Waals surface area contributed by atoms with Crippen molar-refractivity contribution in [2.75, 3.05) is 0 Å². The summed E-state index contributed by atoms with van der Waals surface area (Å²) in [5.74, 6) is 0.827. The van der Waals surface area contributed by atoms with E-state index in [1.54, 1.807) is 0 Å². The molecule has 3 radical (unpaired) electrons. The van der Waals surface area contributed by atoms with Crippen LogP contribution in [0.4, 0.5) is 0 Å². The third kappa shape index (κ3) is 6.42. The van der Waals surface area contributed by atoms with E-state index in [9.17, 15) is 0 Å². The zero-order valence-electron chi connectivity index (χ0n) is 13.5. The molecule has 0 saturated heterocycles. The number of hydrogen-bond donors (Lipinski definition) is 0. The van der Waals surface area contributed by atoms with Crippen LogP contribution in [0, 0.1) is 0 Å². The van der Waals surface area contributed by atoms with Crippen LogP contribution in [-0.2, 0) is 15.8 Å². The topological polar surface area (TPSA) is 18.5 Å². The van der Waals surface area contributed by atoms with Gasteiger partial charge in [0.1, 0.15) is 6.61 Å². The molecule has 2 nitrogen and oxygen atoms in total. The highest BCUT2D eigenvalue weighted by Crippen LogP contribution is 2.29. The first-order valence-electron chi connectivity index (χ1n) is 7.62. The van der Waals surface area contributed by atoms with Crippen LogP contribution in [-0.4, -0.2) is 16.7 Å². The van der Waals surface area contributed by atoms with Gasteiger partial charge in [-0.1, -0.05) is 36.8 Å². The standard InChI is InChI=1S/C17H26O2Si.B/c1-20(2,3)19-17(16-12-8-5-9-13-16)18-14-15-10-6-4-7-11-15;/h4,6-7,10-11H,5,8-9,12-14H2,1-3H3;. The molecule has 1 fully saturated rings. The van der Waals surface area contributed by atoms with E-state index in [-0.39, 0.29) is 8.41 Å². The molecule has 1 aliphatic rings. The average molecular weight is 301 g/mol. The van der Waals surface area contributed by atoms with E-state index in [2.05, 4.69) is 31.8 Å². The minimum Gasteiger partial charge on any atom is -0.520 e. The summed E-state index contributed by atoms with van der Waals surface area (Å²) in [6.45, 7) is 7.23. The van der Waals surface area contributed by atoms with Crippen molar-refractivity contribution in [2.24, 2.45) is 0 Å². The zero-order valence-corrected chi connectivity index (χ0v) is 14.5. The Labute approximate surface area is 132 Å². The van der Waals surface area contributed by atoms with Gasteiger partial charge < -0.3 is 9.16 Å². The van der Waals surface area contributed by atoms with Crippen molar-refractivity contribution in [3.05, 3.63) is 47.4 Å². The quantitative estimate of drug-likeness (QED) is 0.572. The van der Waals surface area contributed by atoms with Gasteiger partial charge in [-0.15, -0.1) is 0 Å². The van der Waals surface area contributed by atoms with Gasteiger partial charge in [0.2, 0.25) is 8.32 Å². The van der Waals surface area contributed by atoms with Gasteiger partial charge in [0.25, 0.3) is 5.95 Å². The summed E-state index contributed by atoms with van der Waals surface area (Å²) in [5, 5.41) is 0. The lowest BCUT2D eigenvalue weighted by molar-refractivity contribution is 0.0848. The highest BCUT2D eigenvalue weighted by atomic mass is 28.4. The summed E-state index contributed by atoms with van der Waals surface area (Å²) < 4.78 is 12.2. The molecule has 21 heavy (non-hydrogen) atoms. The molecule has 0 N–H and O–H groups in total. The van der Waals surface area contributed by atoms with Crippen LogP contribution >= 0.6 is 0 Å². The van der Waals surface area contributed by atoms with Crippen LogP contribution in [0.3, 0.4) is 0 Å². The molecule has 4 heteroatoms. The molecule has 113 valence electrons. The number of ether oxygens (including phenoxy) is 1. The zero-order chi connectivity index (χ0) is 14.4. The summed E-state index contributed by atoms with van der Waals surface area (Å²) in [5.41, 5.74) is 2.58. The maximum absolute atomic E-state index is 6.20. The summed E-state index contributed by atoms with van der Waals surface area (Å²) >= 11 is 0. The van der Waals surface area contributed by atoms with Gasteiger partial charge in [0, 0.05) is 14.0 Å². The molecular formula is C17H26BO2Si.